The van der Waals surface area contributed by atoms with Gasteiger partial charge in [0, 0.05) is 33.5 Å². The first-order valence-electron chi connectivity index (χ1n) is 7.90. The molecule has 0 bridgehead atoms. The Morgan fingerprint density at radius 3 is 1.77 bits per heavy atom. The Hall–Kier alpha value is -0.280. The summed E-state index contributed by atoms with van der Waals surface area (Å²) >= 11 is 0. The average Bonchev–Trinajstić information content (AvgIpc) is 2.51. The van der Waals surface area contributed by atoms with Crippen molar-refractivity contribution in [3.63, 3.8) is 0 Å². The molecule has 0 saturated heterocycles. The van der Waals surface area contributed by atoms with E-state index in [1.165, 1.54) is 7.11 Å². The van der Waals surface area contributed by atoms with Crippen LogP contribution in [0.4, 0.5) is 0 Å². The molecule has 3 N–H and O–H groups in total. The van der Waals surface area contributed by atoms with E-state index in [9.17, 15) is 5.11 Å². The molecule has 0 saturated carbocycles. The summed E-state index contributed by atoms with van der Waals surface area (Å²) in [5, 5.41) is 27.0. The molecule has 1 unspecified atom stereocenters. The van der Waals surface area contributed by atoms with Crippen molar-refractivity contribution in [2.24, 2.45) is 0 Å². The predicted molar refractivity (Wildman–Crippen MR) is 81.9 cm³/mol. The minimum atomic E-state index is -0.670. The van der Waals surface area contributed by atoms with Crippen molar-refractivity contribution in [2.45, 2.75) is 37.9 Å². The first-order chi connectivity index (χ1) is 10.7. The number of rotatable bonds is 17. The molecular weight excluding hydrogens is 292 g/mol. The number of ether oxygens (including phenoxy) is 4. The van der Waals surface area contributed by atoms with Gasteiger partial charge in [0.1, 0.15) is 12.2 Å². The molecule has 1 atom stereocenters. The molecule has 0 aliphatic carbocycles. The minimum Gasteiger partial charge on any atom is -0.396 e. The van der Waals surface area contributed by atoms with Gasteiger partial charge >= 0.3 is 0 Å². The second kappa shape index (κ2) is 17.1. The molecule has 7 heteroatoms. The summed E-state index contributed by atoms with van der Waals surface area (Å²) in [6.45, 7) is 2.61. The SMILES string of the molecule is COCC(O)COC(COCCCCO)COCCCCO. The molecule has 0 aromatic heterocycles. The van der Waals surface area contributed by atoms with Gasteiger partial charge in [-0.2, -0.15) is 0 Å². The Labute approximate surface area is 133 Å². The van der Waals surface area contributed by atoms with E-state index in [0.29, 0.717) is 26.4 Å². The zero-order valence-electron chi connectivity index (χ0n) is 13.6. The average molecular weight is 324 g/mol. The molecule has 0 aliphatic heterocycles. The summed E-state index contributed by atoms with van der Waals surface area (Å²) in [4.78, 5) is 0. The number of methoxy groups -OCH3 is 1. The molecule has 0 aliphatic rings. The van der Waals surface area contributed by atoms with Gasteiger partial charge in [-0.1, -0.05) is 0 Å². The maximum Gasteiger partial charge on any atom is 0.104 e. The highest BCUT2D eigenvalue weighted by Gasteiger charge is 2.13. The molecule has 7 nitrogen and oxygen atoms in total. The van der Waals surface area contributed by atoms with Crippen LogP contribution in [-0.4, -0.2) is 87.5 Å². The smallest absolute Gasteiger partial charge is 0.104 e. The predicted octanol–water partition coefficient (Wildman–Crippen LogP) is -0.0429. The standard InChI is InChI=1S/C15H32O7/c1-19-10-14(18)11-22-15(12-20-8-4-2-6-16)13-21-9-5-3-7-17/h14-18H,2-13H2,1H3. The van der Waals surface area contributed by atoms with E-state index in [1.807, 2.05) is 0 Å². The van der Waals surface area contributed by atoms with Crippen molar-refractivity contribution in [1.29, 1.82) is 0 Å². The first kappa shape index (κ1) is 21.7. The zero-order chi connectivity index (χ0) is 16.5. The first-order valence-corrected chi connectivity index (χ1v) is 7.90. The third-order valence-electron chi connectivity index (χ3n) is 2.88. The topological polar surface area (TPSA) is 97.6 Å². The van der Waals surface area contributed by atoms with Crippen LogP contribution in [0.15, 0.2) is 0 Å². The summed E-state index contributed by atoms with van der Waals surface area (Å²) < 4.78 is 21.4. The fourth-order valence-electron chi connectivity index (χ4n) is 1.69. The van der Waals surface area contributed by atoms with Crippen LogP contribution < -0.4 is 0 Å². The van der Waals surface area contributed by atoms with Crippen LogP contribution >= 0.6 is 0 Å². The Balaban J connectivity index is 3.86. The maximum atomic E-state index is 9.59. The third kappa shape index (κ3) is 14.6. The number of unbranched alkanes of at least 4 members (excludes halogenated alkanes) is 2. The lowest BCUT2D eigenvalue weighted by atomic mass is 10.3. The van der Waals surface area contributed by atoms with Gasteiger partial charge in [0.2, 0.25) is 0 Å². The lowest BCUT2D eigenvalue weighted by Crippen LogP contribution is -2.31. The van der Waals surface area contributed by atoms with Crippen LogP contribution in [0, 0.1) is 0 Å². The third-order valence-corrected chi connectivity index (χ3v) is 2.88. The van der Waals surface area contributed by atoms with E-state index in [4.69, 9.17) is 29.2 Å². The molecule has 0 radical (unpaired) electrons. The van der Waals surface area contributed by atoms with Gasteiger partial charge in [-0.05, 0) is 25.7 Å². The molecule has 0 aromatic carbocycles. The number of hydrogen-bond donors (Lipinski definition) is 3. The molecule has 134 valence electrons. The van der Waals surface area contributed by atoms with Gasteiger partial charge in [-0.3, -0.25) is 0 Å². The van der Waals surface area contributed by atoms with E-state index >= 15 is 0 Å². The molecule has 0 spiro atoms. The number of aliphatic hydroxyl groups is 3. The number of hydrogen-bond acceptors (Lipinski definition) is 7. The van der Waals surface area contributed by atoms with Gasteiger partial charge in [-0.15, -0.1) is 0 Å². The van der Waals surface area contributed by atoms with E-state index in [-0.39, 0.29) is 32.5 Å². The second-order valence-corrected chi connectivity index (χ2v) is 5.08. The Morgan fingerprint density at radius 1 is 0.773 bits per heavy atom. The molecule has 0 fully saturated rings. The molecule has 0 aromatic rings. The lowest BCUT2D eigenvalue weighted by Gasteiger charge is -2.20. The van der Waals surface area contributed by atoms with Crippen LogP contribution in [0.3, 0.4) is 0 Å². The van der Waals surface area contributed by atoms with Crippen molar-refractivity contribution < 1.29 is 34.3 Å². The Morgan fingerprint density at radius 2 is 1.32 bits per heavy atom. The van der Waals surface area contributed by atoms with Crippen molar-refractivity contribution in [2.75, 3.05) is 60.0 Å². The Bertz CT molecular complexity index is 202. The normalized spacial score (nSPS) is 13.0. The maximum absolute atomic E-state index is 9.59. The summed E-state index contributed by atoms with van der Waals surface area (Å²) in [6, 6.07) is 0. The monoisotopic (exact) mass is 324 g/mol. The van der Waals surface area contributed by atoms with E-state index in [2.05, 4.69) is 0 Å². The van der Waals surface area contributed by atoms with Gasteiger partial charge in [0.25, 0.3) is 0 Å². The molecular formula is C15H32O7. The number of aliphatic hydroxyl groups excluding tert-OH is 3. The second-order valence-electron chi connectivity index (χ2n) is 5.08. The minimum absolute atomic E-state index is 0.165. The fourth-order valence-corrected chi connectivity index (χ4v) is 1.69. The van der Waals surface area contributed by atoms with E-state index < -0.39 is 6.10 Å². The van der Waals surface area contributed by atoms with E-state index in [0.717, 1.165) is 25.7 Å². The molecule has 22 heavy (non-hydrogen) atoms. The van der Waals surface area contributed by atoms with Crippen LogP contribution in [0.25, 0.3) is 0 Å². The summed E-state index contributed by atoms with van der Waals surface area (Å²) in [5.41, 5.74) is 0. The highest BCUT2D eigenvalue weighted by atomic mass is 16.6. The zero-order valence-corrected chi connectivity index (χ0v) is 13.6. The highest BCUT2D eigenvalue weighted by molar-refractivity contribution is 4.59. The van der Waals surface area contributed by atoms with Crippen molar-refractivity contribution in [1.82, 2.24) is 0 Å². The summed E-state index contributed by atoms with van der Waals surface area (Å²) in [7, 11) is 1.52. The fraction of sp³-hybridized carbons (Fsp3) is 1.00. The van der Waals surface area contributed by atoms with Crippen LogP contribution in [-0.2, 0) is 18.9 Å². The highest BCUT2D eigenvalue weighted by Crippen LogP contribution is 2.01. The van der Waals surface area contributed by atoms with Gasteiger partial charge in [0.05, 0.1) is 26.4 Å². The van der Waals surface area contributed by atoms with Crippen LogP contribution in [0.2, 0.25) is 0 Å². The van der Waals surface area contributed by atoms with Crippen LogP contribution in [0.1, 0.15) is 25.7 Å². The van der Waals surface area contributed by atoms with Gasteiger partial charge in [0.15, 0.2) is 0 Å². The lowest BCUT2D eigenvalue weighted by molar-refractivity contribution is -0.0908. The molecule has 0 amide bonds. The van der Waals surface area contributed by atoms with Crippen LogP contribution in [0.5, 0.6) is 0 Å². The van der Waals surface area contributed by atoms with Crippen molar-refractivity contribution >= 4 is 0 Å². The Kier molecular flexibility index (Phi) is 16.9. The van der Waals surface area contributed by atoms with Crippen molar-refractivity contribution in [3.05, 3.63) is 0 Å². The molecule has 0 rings (SSSR count). The molecule has 0 heterocycles. The van der Waals surface area contributed by atoms with Gasteiger partial charge in [-0.25, -0.2) is 0 Å². The largest absolute Gasteiger partial charge is 0.396 e. The van der Waals surface area contributed by atoms with Crippen molar-refractivity contribution in [3.8, 4) is 0 Å². The van der Waals surface area contributed by atoms with E-state index in [1.54, 1.807) is 0 Å². The quantitative estimate of drug-likeness (QED) is 0.323. The van der Waals surface area contributed by atoms with Gasteiger partial charge < -0.3 is 34.3 Å². The summed E-state index contributed by atoms with van der Waals surface area (Å²) in [6.07, 6.45) is 2.11. The summed E-state index contributed by atoms with van der Waals surface area (Å²) in [5.74, 6) is 0.